The third kappa shape index (κ3) is 4.59. The Morgan fingerprint density at radius 1 is 1.23 bits per heavy atom. The molecule has 26 heavy (non-hydrogen) atoms. The van der Waals surface area contributed by atoms with Gasteiger partial charge in [-0.05, 0) is 24.3 Å². The summed E-state index contributed by atoms with van der Waals surface area (Å²) < 4.78 is 1.73. The van der Waals surface area contributed by atoms with Gasteiger partial charge in [-0.3, -0.25) is 9.78 Å². The lowest BCUT2D eigenvalue weighted by molar-refractivity contribution is -0.119. The molecule has 2 aromatic heterocycles. The van der Waals surface area contributed by atoms with Crippen molar-refractivity contribution >= 4 is 41.0 Å². The van der Waals surface area contributed by atoms with Gasteiger partial charge in [-0.25, -0.2) is 10.1 Å². The summed E-state index contributed by atoms with van der Waals surface area (Å²) in [6.07, 6.45) is 7.82. The molecule has 0 saturated heterocycles. The second-order valence-electron chi connectivity index (χ2n) is 5.16. The molecule has 0 saturated carbocycles. The summed E-state index contributed by atoms with van der Waals surface area (Å²) in [5, 5.41) is 11.8. The van der Waals surface area contributed by atoms with Crippen LogP contribution in [-0.4, -0.2) is 33.4 Å². The SMILES string of the molecule is O=C(CNc1cccc(-n2cccn2)c1)NN=Cc1c(Cl)cncc1Cl. The summed E-state index contributed by atoms with van der Waals surface area (Å²) >= 11 is 11.9. The van der Waals surface area contributed by atoms with Crippen LogP contribution in [0.4, 0.5) is 5.69 Å². The summed E-state index contributed by atoms with van der Waals surface area (Å²) in [7, 11) is 0. The molecular weight excluding hydrogens is 375 g/mol. The van der Waals surface area contributed by atoms with Crippen molar-refractivity contribution in [3.63, 3.8) is 0 Å². The molecule has 0 fully saturated rings. The third-order valence-corrected chi connectivity index (χ3v) is 3.94. The maximum Gasteiger partial charge on any atom is 0.259 e. The lowest BCUT2D eigenvalue weighted by atomic mass is 10.3. The van der Waals surface area contributed by atoms with E-state index in [1.165, 1.54) is 18.6 Å². The van der Waals surface area contributed by atoms with Gasteiger partial charge >= 0.3 is 0 Å². The van der Waals surface area contributed by atoms with Gasteiger partial charge in [-0.2, -0.15) is 10.2 Å². The Morgan fingerprint density at radius 3 is 2.77 bits per heavy atom. The molecule has 0 aliphatic rings. The first-order valence-electron chi connectivity index (χ1n) is 7.58. The molecule has 0 bridgehead atoms. The van der Waals surface area contributed by atoms with Crippen molar-refractivity contribution in [3.8, 4) is 5.69 Å². The second kappa shape index (κ2) is 8.46. The van der Waals surface area contributed by atoms with Crippen molar-refractivity contribution in [2.24, 2.45) is 5.10 Å². The van der Waals surface area contributed by atoms with Crippen LogP contribution in [0.1, 0.15) is 5.56 Å². The van der Waals surface area contributed by atoms with Crippen LogP contribution in [-0.2, 0) is 4.79 Å². The number of halogens is 2. The number of rotatable bonds is 6. The van der Waals surface area contributed by atoms with E-state index >= 15 is 0 Å². The summed E-state index contributed by atoms with van der Waals surface area (Å²) in [4.78, 5) is 15.8. The van der Waals surface area contributed by atoms with E-state index in [-0.39, 0.29) is 12.5 Å². The molecule has 7 nitrogen and oxygen atoms in total. The molecule has 0 aliphatic carbocycles. The Hall–Kier alpha value is -2.90. The van der Waals surface area contributed by atoms with Gasteiger partial charge in [0, 0.05) is 36.0 Å². The molecule has 2 N–H and O–H groups in total. The van der Waals surface area contributed by atoms with Crippen LogP contribution in [0.25, 0.3) is 5.69 Å². The Balaban J connectivity index is 1.55. The van der Waals surface area contributed by atoms with Crippen LogP contribution in [0, 0.1) is 0 Å². The molecule has 132 valence electrons. The molecule has 0 radical (unpaired) electrons. The fourth-order valence-electron chi connectivity index (χ4n) is 2.12. The Labute approximate surface area is 159 Å². The van der Waals surface area contributed by atoms with Crippen LogP contribution in [0.3, 0.4) is 0 Å². The van der Waals surface area contributed by atoms with Crippen molar-refractivity contribution in [2.75, 3.05) is 11.9 Å². The smallest absolute Gasteiger partial charge is 0.259 e. The van der Waals surface area contributed by atoms with E-state index in [1.54, 1.807) is 10.9 Å². The zero-order chi connectivity index (χ0) is 18.4. The van der Waals surface area contributed by atoms with Gasteiger partial charge in [0.1, 0.15) is 0 Å². The molecule has 9 heteroatoms. The molecule has 3 aromatic rings. The number of aromatic nitrogens is 3. The van der Waals surface area contributed by atoms with Crippen molar-refractivity contribution < 1.29 is 4.79 Å². The third-order valence-electron chi connectivity index (χ3n) is 3.34. The largest absolute Gasteiger partial charge is 0.376 e. The number of benzene rings is 1. The Bertz CT molecular complexity index is 907. The van der Waals surface area contributed by atoms with E-state index in [0.717, 1.165) is 11.4 Å². The lowest BCUT2D eigenvalue weighted by Gasteiger charge is -2.08. The minimum absolute atomic E-state index is 0.0533. The van der Waals surface area contributed by atoms with E-state index in [4.69, 9.17) is 23.2 Å². The van der Waals surface area contributed by atoms with Crippen molar-refractivity contribution in [3.05, 3.63) is 70.7 Å². The number of hydrogen-bond donors (Lipinski definition) is 2. The van der Waals surface area contributed by atoms with Crippen molar-refractivity contribution in [2.45, 2.75) is 0 Å². The number of pyridine rings is 1. The maximum absolute atomic E-state index is 11.9. The van der Waals surface area contributed by atoms with Crippen LogP contribution in [0.2, 0.25) is 10.0 Å². The highest BCUT2D eigenvalue weighted by atomic mass is 35.5. The number of hydrogen-bond acceptors (Lipinski definition) is 5. The van der Waals surface area contributed by atoms with Gasteiger partial charge in [-0.1, -0.05) is 29.3 Å². The lowest BCUT2D eigenvalue weighted by Crippen LogP contribution is -2.25. The zero-order valence-corrected chi connectivity index (χ0v) is 14.9. The zero-order valence-electron chi connectivity index (χ0n) is 13.4. The number of nitrogens with one attached hydrogen (secondary N) is 2. The van der Waals surface area contributed by atoms with Crippen molar-refractivity contribution in [1.29, 1.82) is 0 Å². The molecule has 1 amide bonds. The fourth-order valence-corrected chi connectivity index (χ4v) is 2.58. The molecular formula is C17H14Cl2N6O. The van der Waals surface area contributed by atoms with Crippen LogP contribution >= 0.6 is 23.2 Å². The number of amides is 1. The molecule has 3 rings (SSSR count). The van der Waals surface area contributed by atoms with Gasteiger partial charge in [0.25, 0.3) is 5.91 Å². The molecule has 1 aromatic carbocycles. The van der Waals surface area contributed by atoms with Gasteiger partial charge in [0.2, 0.25) is 0 Å². The predicted octanol–water partition coefficient (Wildman–Crippen LogP) is 3.14. The quantitative estimate of drug-likeness (QED) is 0.501. The van der Waals surface area contributed by atoms with E-state index in [9.17, 15) is 4.79 Å². The normalized spacial score (nSPS) is 10.8. The van der Waals surface area contributed by atoms with Gasteiger partial charge < -0.3 is 5.32 Å². The first kappa shape index (κ1) is 17.9. The second-order valence-corrected chi connectivity index (χ2v) is 5.98. The molecule has 0 spiro atoms. The van der Waals surface area contributed by atoms with Crippen LogP contribution in [0.15, 0.2) is 60.2 Å². The topological polar surface area (TPSA) is 84.2 Å². The predicted molar refractivity (Wildman–Crippen MR) is 102 cm³/mol. The first-order chi connectivity index (χ1) is 12.6. The molecule has 0 unspecified atom stereocenters. The van der Waals surface area contributed by atoms with Gasteiger partial charge in [0.15, 0.2) is 0 Å². The van der Waals surface area contributed by atoms with Crippen molar-refractivity contribution in [1.82, 2.24) is 20.2 Å². The number of anilines is 1. The highest BCUT2D eigenvalue weighted by molar-refractivity contribution is 6.38. The van der Waals surface area contributed by atoms with E-state index in [1.807, 2.05) is 36.5 Å². The summed E-state index contributed by atoms with van der Waals surface area (Å²) in [6, 6.07) is 9.39. The fraction of sp³-hybridized carbons (Fsp3) is 0.0588. The summed E-state index contributed by atoms with van der Waals surface area (Å²) in [6.45, 7) is 0.0533. The van der Waals surface area contributed by atoms with E-state index in [0.29, 0.717) is 15.6 Å². The standard InChI is InChI=1S/C17H14Cl2N6O/c18-15-9-20-10-16(19)14(15)8-22-24-17(26)11-21-12-3-1-4-13(7-12)25-6-2-5-23-25/h1-10,21H,11H2,(H,24,26). The summed E-state index contributed by atoms with van der Waals surface area (Å²) in [5.41, 5.74) is 4.58. The molecule has 0 atom stereocenters. The number of nitrogens with zero attached hydrogens (tertiary/aromatic N) is 4. The minimum Gasteiger partial charge on any atom is -0.376 e. The highest BCUT2D eigenvalue weighted by Gasteiger charge is 2.04. The first-order valence-corrected chi connectivity index (χ1v) is 8.34. The average Bonchev–Trinajstić information content (AvgIpc) is 3.17. The van der Waals surface area contributed by atoms with E-state index < -0.39 is 0 Å². The molecule has 2 heterocycles. The number of carbonyl (C=O) groups excluding carboxylic acids is 1. The summed E-state index contributed by atoms with van der Waals surface area (Å²) in [5.74, 6) is -0.313. The maximum atomic E-state index is 11.9. The monoisotopic (exact) mass is 388 g/mol. The van der Waals surface area contributed by atoms with Crippen LogP contribution in [0.5, 0.6) is 0 Å². The average molecular weight is 389 g/mol. The molecule has 0 aliphatic heterocycles. The Kier molecular flexibility index (Phi) is 5.83. The Morgan fingerprint density at radius 2 is 2.04 bits per heavy atom. The number of carbonyl (C=O) groups is 1. The number of hydrazone groups is 1. The van der Waals surface area contributed by atoms with Gasteiger partial charge in [-0.15, -0.1) is 0 Å². The van der Waals surface area contributed by atoms with Crippen LogP contribution < -0.4 is 10.7 Å². The minimum atomic E-state index is -0.313. The van der Waals surface area contributed by atoms with E-state index in [2.05, 4.69) is 25.9 Å². The highest BCUT2D eigenvalue weighted by Crippen LogP contribution is 2.20. The van der Waals surface area contributed by atoms with Gasteiger partial charge in [0.05, 0.1) is 28.5 Å².